The molecule has 25 heavy (non-hydrogen) atoms. The lowest BCUT2D eigenvalue weighted by Crippen LogP contribution is -2.43. The monoisotopic (exact) mass is 359 g/mol. The number of benzene rings is 1. The second kappa shape index (κ2) is 7.81. The predicted octanol–water partition coefficient (Wildman–Crippen LogP) is 3.12. The van der Waals surface area contributed by atoms with E-state index in [9.17, 15) is 4.79 Å². The molecule has 1 amide bonds. The molecule has 1 N–H and O–H groups in total. The predicted molar refractivity (Wildman–Crippen MR) is 99.8 cm³/mol. The number of hydrogen-bond donors (Lipinski definition) is 1. The number of hydrogen-bond acceptors (Lipinski definition) is 5. The molecule has 0 bridgehead atoms. The van der Waals surface area contributed by atoms with E-state index in [1.807, 2.05) is 6.07 Å². The van der Waals surface area contributed by atoms with Crippen LogP contribution < -0.4 is 5.32 Å². The van der Waals surface area contributed by atoms with E-state index < -0.39 is 0 Å². The number of piperidine rings is 1. The van der Waals surface area contributed by atoms with Crippen molar-refractivity contribution in [2.24, 2.45) is 0 Å². The number of aromatic nitrogens is 1. The van der Waals surface area contributed by atoms with E-state index in [0.29, 0.717) is 13.1 Å². The zero-order chi connectivity index (χ0) is 17.1. The number of carbonyl (C=O) groups excluding carboxylic acids is 1. The van der Waals surface area contributed by atoms with Crippen molar-refractivity contribution in [1.29, 1.82) is 0 Å². The number of fused-ring (bicyclic) bond motifs is 1. The van der Waals surface area contributed by atoms with E-state index in [4.69, 9.17) is 9.72 Å². The number of likely N-dealkylation sites (tertiary alicyclic amines) is 1. The number of ether oxygens (including phenoxy) is 1. The Kier molecular flexibility index (Phi) is 5.29. The smallest absolute Gasteiger partial charge is 0.234 e. The number of thiazole rings is 1. The summed E-state index contributed by atoms with van der Waals surface area (Å²) in [7, 11) is 0. The van der Waals surface area contributed by atoms with E-state index >= 15 is 0 Å². The van der Waals surface area contributed by atoms with Crippen LogP contribution in [0, 0.1) is 0 Å². The van der Waals surface area contributed by atoms with Crippen molar-refractivity contribution in [3.8, 4) is 0 Å². The summed E-state index contributed by atoms with van der Waals surface area (Å²) in [5.74, 6) is 0.100. The molecule has 0 unspecified atom stereocenters. The molecule has 134 valence electrons. The lowest BCUT2D eigenvalue weighted by atomic mass is 10.0. The average Bonchev–Trinajstić information content (AvgIpc) is 3.30. The molecule has 0 saturated carbocycles. The van der Waals surface area contributed by atoms with Crippen molar-refractivity contribution in [3.63, 3.8) is 0 Å². The van der Waals surface area contributed by atoms with Gasteiger partial charge in [0, 0.05) is 13.2 Å². The van der Waals surface area contributed by atoms with Crippen LogP contribution in [-0.2, 0) is 9.53 Å². The molecule has 2 aliphatic heterocycles. The van der Waals surface area contributed by atoms with Crippen LogP contribution in [0.2, 0.25) is 0 Å². The van der Waals surface area contributed by atoms with Crippen LogP contribution in [0.3, 0.4) is 0 Å². The topological polar surface area (TPSA) is 54.5 Å². The number of nitrogens with one attached hydrogen (secondary N) is 1. The molecule has 4 rings (SSSR count). The van der Waals surface area contributed by atoms with Gasteiger partial charge in [0.05, 0.1) is 28.9 Å². The SMILES string of the molecule is O=C(CN1CCCC[C@@H]1c1nc2ccccc2s1)NC[C@@H]1CCCO1. The summed E-state index contributed by atoms with van der Waals surface area (Å²) in [6.07, 6.45) is 5.80. The average molecular weight is 359 g/mol. The van der Waals surface area contributed by atoms with Gasteiger partial charge in [0.25, 0.3) is 0 Å². The van der Waals surface area contributed by atoms with Crippen molar-refractivity contribution < 1.29 is 9.53 Å². The molecule has 2 fully saturated rings. The van der Waals surface area contributed by atoms with Crippen molar-refractivity contribution in [1.82, 2.24) is 15.2 Å². The van der Waals surface area contributed by atoms with E-state index in [1.54, 1.807) is 11.3 Å². The minimum Gasteiger partial charge on any atom is -0.376 e. The molecule has 0 spiro atoms. The maximum Gasteiger partial charge on any atom is 0.234 e. The first kappa shape index (κ1) is 16.9. The van der Waals surface area contributed by atoms with E-state index in [2.05, 4.69) is 28.4 Å². The minimum absolute atomic E-state index is 0.100. The van der Waals surface area contributed by atoms with Crippen molar-refractivity contribution in [3.05, 3.63) is 29.3 Å². The molecule has 3 heterocycles. The van der Waals surface area contributed by atoms with Gasteiger partial charge in [0.1, 0.15) is 5.01 Å². The maximum atomic E-state index is 12.4. The van der Waals surface area contributed by atoms with Crippen molar-refractivity contribution in [2.45, 2.75) is 44.2 Å². The van der Waals surface area contributed by atoms with Crippen LogP contribution in [0.15, 0.2) is 24.3 Å². The Balaban J connectivity index is 1.40. The van der Waals surface area contributed by atoms with Gasteiger partial charge in [-0.3, -0.25) is 9.69 Å². The second-order valence-electron chi connectivity index (χ2n) is 6.94. The summed E-state index contributed by atoms with van der Waals surface area (Å²) in [5.41, 5.74) is 1.07. The van der Waals surface area contributed by atoms with Crippen LogP contribution in [-0.4, -0.2) is 48.1 Å². The molecule has 1 aromatic heterocycles. The van der Waals surface area contributed by atoms with Gasteiger partial charge in [-0.25, -0.2) is 4.98 Å². The molecular weight excluding hydrogens is 334 g/mol. The molecule has 0 radical (unpaired) electrons. The number of rotatable bonds is 5. The van der Waals surface area contributed by atoms with Crippen LogP contribution in [0.5, 0.6) is 0 Å². The molecule has 0 aliphatic carbocycles. The van der Waals surface area contributed by atoms with Gasteiger partial charge in [0.2, 0.25) is 5.91 Å². The quantitative estimate of drug-likeness (QED) is 0.891. The molecule has 6 heteroatoms. The first-order chi connectivity index (χ1) is 12.3. The molecule has 2 aromatic rings. The Morgan fingerprint density at radius 2 is 2.20 bits per heavy atom. The van der Waals surface area contributed by atoms with Crippen molar-refractivity contribution >= 4 is 27.5 Å². The largest absolute Gasteiger partial charge is 0.376 e. The summed E-state index contributed by atoms with van der Waals surface area (Å²) in [5, 5.41) is 4.19. The van der Waals surface area contributed by atoms with Gasteiger partial charge >= 0.3 is 0 Å². The third-order valence-corrected chi connectivity index (χ3v) is 6.24. The van der Waals surface area contributed by atoms with Gasteiger partial charge < -0.3 is 10.1 Å². The molecule has 2 atom stereocenters. The van der Waals surface area contributed by atoms with E-state index in [0.717, 1.165) is 49.4 Å². The van der Waals surface area contributed by atoms with Crippen molar-refractivity contribution in [2.75, 3.05) is 26.2 Å². The van der Waals surface area contributed by atoms with Gasteiger partial charge in [-0.05, 0) is 44.4 Å². The van der Waals surface area contributed by atoms with Gasteiger partial charge in [-0.15, -0.1) is 11.3 Å². The molecule has 5 nitrogen and oxygen atoms in total. The Bertz CT molecular complexity index is 693. The Hall–Kier alpha value is -1.50. The summed E-state index contributed by atoms with van der Waals surface area (Å²) in [4.78, 5) is 19.5. The molecule has 1 aromatic carbocycles. The molecule has 2 aliphatic rings. The number of amides is 1. The van der Waals surface area contributed by atoms with Crippen LogP contribution >= 0.6 is 11.3 Å². The van der Waals surface area contributed by atoms with Gasteiger partial charge in [-0.2, -0.15) is 0 Å². The van der Waals surface area contributed by atoms with Gasteiger partial charge in [0.15, 0.2) is 0 Å². The highest BCUT2D eigenvalue weighted by atomic mass is 32.1. The number of nitrogens with zero attached hydrogens (tertiary/aromatic N) is 2. The first-order valence-electron chi connectivity index (χ1n) is 9.27. The lowest BCUT2D eigenvalue weighted by Gasteiger charge is -2.33. The first-order valence-corrected chi connectivity index (χ1v) is 10.1. The van der Waals surface area contributed by atoms with E-state index in [1.165, 1.54) is 11.1 Å². The maximum absolute atomic E-state index is 12.4. The fourth-order valence-electron chi connectivity index (χ4n) is 3.77. The van der Waals surface area contributed by atoms with Crippen LogP contribution in [0.1, 0.15) is 43.2 Å². The normalized spacial score (nSPS) is 24.6. The highest BCUT2D eigenvalue weighted by molar-refractivity contribution is 7.18. The van der Waals surface area contributed by atoms with Crippen LogP contribution in [0.4, 0.5) is 0 Å². The summed E-state index contributed by atoms with van der Waals surface area (Å²) >= 11 is 1.76. The summed E-state index contributed by atoms with van der Waals surface area (Å²) in [6, 6.07) is 8.54. The fraction of sp³-hybridized carbons (Fsp3) is 0.579. The summed E-state index contributed by atoms with van der Waals surface area (Å²) in [6.45, 7) is 2.88. The Labute approximate surface area is 152 Å². The zero-order valence-corrected chi connectivity index (χ0v) is 15.3. The number of carbonyl (C=O) groups is 1. The van der Waals surface area contributed by atoms with E-state index in [-0.39, 0.29) is 18.1 Å². The van der Waals surface area contributed by atoms with Gasteiger partial charge in [-0.1, -0.05) is 18.6 Å². The zero-order valence-electron chi connectivity index (χ0n) is 14.4. The third kappa shape index (κ3) is 4.02. The standard InChI is InChI=1S/C19H25N3O2S/c23-18(20-12-14-6-5-11-24-14)13-22-10-4-3-8-16(22)19-21-15-7-1-2-9-17(15)25-19/h1-2,7,9,14,16H,3-6,8,10-13H2,(H,20,23)/t14-,16+/m0/s1. The second-order valence-corrected chi connectivity index (χ2v) is 8.00. The summed E-state index contributed by atoms with van der Waals surface area (Å²) < 4.78 is 6.81. The van der Waals surface area contributed by atoms with Crippen LogP contribution in [0.25, 0.3) is 10.2 Å². The third-order valence-electron chi connectivity index (χ3n) is 5.11. The molecular formula is C19H25N3O2S. The fourth-order valence-corrected chi connectivity index (χ4v) is 4.90. The minimum atomic E-state index is 0.100. The molecule has 2 saturated heterocycles. The highest BCUT2D eigenvalue weighted by Crippen LogP contribution is 2.35. The Morgan fingerprint density at radius 1 is 1.28 bits per heavy atom. The Morgan fingerprint density at radius 3 is 3.04 bits per heavy atom. The lowest BCUT2D eigenvalue weighted by molar-refractivity contribution is -0.123. The number of para-hydroxylation sites is 1. The highest BCUT2D eigenvalue weighted by Gasteiger charge is 2.28.